The third kappa shape index (κ3) is 3.54. The van der Waals surface area contributed by atoms with Crippen LogP contribution in [0.1, 0.15) is 62.6 Å². The molecular weight excluding hydrogens is 282 g/mol. The van der Waals surface area contributed by atoms with E-state index in [1.54, 1.807) is 0 Å². The normalized spacial score (nSPS) is 19.5. The van der Waals surface area contributed by atoms with Crippen LogP contribution in [-0.2, 0) is 6.42 Å². The Bertz CT molecular complexity index is 482. The van der Waals surface area contributed by atoms with Gasteiger partial charge < -0.3 is 10.1 Å². The highest BCUT2D eigenvalue weighted by Gasteiger charge is 2.24. The van der Waals surface area contributed by atoms with Gasteiger partial charge in [-0.25, -0.2) is 0 Å². The molecule has 1 fully saturated rings. The van der Waals surface area contributed by atoms with Crippen LogP contribution in [0.25, 0.3) is 0 Å². The fourth-order valence-electron chi connectivity index (χ4n) is 3.87. The average molecular weight is 308 g/mol. The third-order valence-corrected chi connectivity index (χ3v) is 5.16. The summed E-state index contributed by atoms with van der Waals surface area (Å²) in [6.45, 7) is 3.95. The highest BCUT2D eigenvalue weighted by molar-refractivity contribution is 6.30. The highest BCUT2D eigenvalue weighted by Crippen LogP contribution is 2.39. The second-order valence-electron chi connectivity index (χ2n) is 6.42. The molecule has 2 nitrogen and oxygen atoms in total. The monoisotopic (exact) mass is 307 g/mol. The molecule has 1 saturated carbocycles. The topological polar surface area (TPSA) is 21.3 Å². The van der Waals surface area contributed by atoms with Gasteiger partial charge in [-0.05, 0) is 43.0 Å². The molecule has 0 spiro atoms. The standard InChI is InChI=1S/C18H26ClNO/c1-2-20-17(8-7-13-5-3-4-6-13)16-12-15(19)11-14-9-10-21-18(14)16/h11-13,17,20H,2-10H2,1H3. The van der Waals surface area contributed by atoms with Crippen molar-refractivity contribution in [3.05, 3.63) is 28.3 Å². The number of benzene rings is 1. The minimum absolute atomic E-state index is 0.376. The van der Waals surface area contributed by atoms with Crippen LogP contribution in [0, 0.1) is 5.92 Å². The SMILES string of the molecule is CCNC(CCC1CCCC1)c1cc(Cl)cc2c1OCC2. The Morgan fingerprint density at radius 1 is 1.33 bits per heavy atom. The van der Waals surface area contributed by atoms with Crippen molar-refractivity contribution in [2.24, 2.45) is 5.92 Å². The van der Waals surface area contributed by atoms with Crippen LogP contribution in [-0.4, -0.2) is 13.2 Å². The molecule has 0 radical (unpaired) electrons. The molecule has 0 bridgehead atoms. The molecule has 116 valence electrons. The number of rotatable bonds is 6. The Labute approximate surface area is 133 Å². The van der Waals surface area contributed by atoms with Gasteiger partial charge in [-0.1, -0.05) is 44.2 Å². The second-order valence-corrected chi connectivity index (χ2v) is 6.86. The zero-order valence-electron chi connectivity index (χ0n) is 13.0. The van der Waals surface area contributed by atoms with Gasteiger partial charge in [0.2, 0.25) is 0 Å². The summed E-state index contributed by atoms with van der Waals surface area (Å²) in [7, 11) is 0. The smallest absolute Gasteiger partial charge is 0.127 e. The molecule has 1 N–H and O–H groups in total. The lowest BCUT2D eigenvalue weighted by atomic mass is 9.93. The van der Waals surface area contributed by atoms with Crippen molar-refractivity contribution < 1.29 is 4.74 Å². The van der Waals surface area contributed by atoms with Crippen LogP contribution in [0.4, 0.5) is 0 Å². The molecular formula is C18H26ClNO. The van der Waals surface area contributed by atoms with Crippen molar-refractivity contribution in [3.63, 3.8) is 0 Å². The molecule has 1 unspecified atom stereocenters. The molecule has 1 heterocycles. The number of hydrogen-bond donors (Lipinski definition) is 1. The van der Waals surface area contributed by atoms with Gasteiger partial charge in [-0.3, -0.25) is 0 Å². The van der Waals surface area contributed by atoms with Crippen molar-refractivity contribution >= 4 is 11.6 Å². The lowest BCUT2D eigenvalue weighted by molar-refractivity contribution is 0.343. The highest BCUT2D eigenvalue weighted by atomic mass is 35.5. The van der Waals surface area contributed by atoms with E-state index in [9.17, 15) is 0 Å². The predicted molar refractivity (Wildman–Crippen MR) is 88.3 cm³/mol. The lowest BCUT2D eigenvalue weighted by Gasteiger charge is -2.22. The molecule has 1 aromatic carbocycles. The summed E-state index contributed by atoms with van der Waals surface area (Å²) in [5.41, 5.74) is 2.55. The van der Waals surface area contributed by atoms with E-state index < -0.39 is 0 Å². The minimum Gasteiger partial charge on any atom is -0.493 e. The van der Waals surface area contributed by atoms with E-state index >= 15 is 0 Å². The molecule has 0 saturated heterocycles. The average Bonchev–Trinajstić information content (AvgIpc) is 3.13. The van der Waals surface area contributed by atoms with Gasteiger partial charge in [0.25, 0.3) is 0 Å². The first-order chi connectivity index (χ1) is 10.3. The maximum absolute atomic E-state index is 6.32. The van der Waals surface area contributed by atoms with Crippen molar-refractivity contribution in [2.75, 3.05) is 13.2 Å². The van der Waals surface area contributed by atoms with Crippen LogP contribution in [0.5, 0.6) is 5.75 Å². The quantitative estimate of drug-likeness (QED) is 0.807. The first-order valence-electron chi connectivity index (χ1n) is 8.46. The largest absolute Gasteiger partial charge is 0.493 e. The van der Waals surface area contributed by atoms with E-state index in [2.05, 4.69) is 24.4 Å². The number of halogens is 1. The summed E-state index contributed by atoms with van der Waals surface area (Å²) in [6, 6.07) is 4.54. The molecule has 3 heteroatoms. The summed E-state index contributed by atoms with van der Waals surface area (Å²) in [6.07, 6.45) is 9.18. The summed E-state index contributed by atoms with van der Waals surface area (Å²) in [5, 5.41) is 4.49. The fourth-order valence-corrected chi connectivity index (χ4v) is 4.12. The first-order valence-corrected chi connectivity index (χ1v) is 8.84. The Balaban J connectivity index is 1.76. The minimum atomic E-state index is 0.376. The number of ether oxygens (including phenoxy) is 1. The van der Waals surface area contributed by atoms with Gasteiger partial charge in [-0.15, -0.1) is 0 Å². The molecule has 1 atom stereocenters. The molecule has 21 heavy (non-hydrogen) atoms. The van der Waals surface area contributed by atoms with E-state index in [1.807, 2.05) is 0 Å². The van der Waals surface area contributed by atoms with Gasteiger partial charge in [-0.2, -0.15) is 0 Å². The van der Waals surface area contributed by atoms with Crippen LogP contribution in [0.15, 0.2) is 12.1 Å². The van der Waals surface area contributed by atoms with Crippen molar-refractivity contribution in [1.82, 2.24) is 5.32 Å². The van der Waals surface area contributed by atoms with E-state index in [4.69, 9.17) is 16.3 Å². The number of fused-ring (bicyclic) bond motifs is 1. The lowest BCUT2D eigenvalue weighted by Crippen LogP contribution is -2.22. The van der Waals surface area contributed by atoms with Crippen LogP contribution >= 0.6 is 11.6 Å². The molecule has 1 aliphatic carbocycles. The van der Waals surface area contributed by atoms with Gasteiger partial charge in [0.1, 0.15) is 5.75 Å². The maximum Gasteiger partial charge on any atom is 0.127 e. The maximum atomic E-state index is 6.32. The Morgan fingerprint density at radius 3 is 2.90 bits per heavy atom. The van der Waals surface area contributed by atoms with Crippen LogP contribution in [0.2, 0.25) is 5.02 Å². The molecule has 1 aliphatic heterocycles. The second kappa shape index (κ2) is 7.02. The van der Waals surface area contributed by atoms with E-state index in [1.165, 1.54) is 49.7 Å². The predicted octanol–water partition coefficient (Wildman–Crippen LogP) is 4.90. The zero-order chi connectivity index (χ0) is 14.7. The van der Waals surface area contributed by atoms with E-state index in [-0.39, 0.29) is 0 Å². The van der Waals surface area contributed by atoms with Gasteiger partial charge in [0.05, 0.1) is 6.61 Å². The van der Waals surface area contributed by atoms with Gasteiger partial charge in [0, 0.05) is 23.0 Å². The van der Waals surface area contributed by atoms with Crippen molar-refractivity contribution in [2.45, 2.75) is 57.9 Å². The summed E-state index contributed by atoms with van der Waals surface area (Å²) in [4.78, 5) is 0. The Kier molecular flexibility index (Phi) is 5.07. The number of nitrogens with one attached hydrogen (secondary N) is 1. The molecule has 1 aromatic rings. The zero-order valence-corrected chi connectivity index (χ0v) is 13.7. The molecule has 3 rings (SSSR count). The Morgan fingerprint density at radius 2 is 2.14 bits per heavy atom. The molecule has 0 amide bonds. The Hall–Kier alpha value is -0.730. The van der Waals surface area contributed by atoms with Crippen LogP contribution < -0.4 is 10.1 Å². The first kappa shape index (κ1) is 15.2. The van der Waals surface area contributed by atoms with Crippen molar-refractivity contribution in [3.8, 4) is 5.75 Å². The van der Waals surface area contributed by atoms with Crippen molar-refractivity contribution in [1.29, 1.82) is 0 Å². The molecule has 0 aromatic heterocycles. The fraction of sp³-hybridized carbons (Fsp3) is 0.667. The van der Waals surface area contributed by atoms with E-state index in [0.29, 0.717) is 6.04 Å². The van der Waals surface area contributed by atoms with Crippen LogP contribution in [0.3, 0.4) is 0 Å². The summed E-state index contributed by atoms with van der Waals surface area (Å²) >= 11 is 6.32. The summed E-state index contributed by atoms with van der Waals surface area (Å²) < 4.78 is 5.89. The summed E-state index contributed by atoms with van der Waals surface area (Å²) in [5.74, 6) is 2.02. The molecule has 2 aliphatic rings. The van der Waals surface area contributed by atoms with E-state index in [0.717, 1.165) is 36.3 Å². The third-order valence-electron chi connectivity index (χ3n) is 4.94. The van der Waals surface area contributed by atoms with Gasteiger partial charge >= 0.3 is 0 Å². The van der Waals surface area contributed by atoms with Gasteiger partial charge in [0.15, 0.2) is 0 Å². The number of hydrogen-bond acceptors (Lipinski definition) is 2.